The summed E-state index contributed by atoms with van der Waals surface area (Å²) in [4.78, 5) is 39.3. The van der Waals surface area contributed by atoms with E-state index in [1.807, 2.05) is 0 Å². The van der Waals surface area contributed by atoms with Crippen molar-refractivity contribution in [2.24, 2.45) is 0 Å². The van der Waals surface area contributed by atoms with Crippen LogP contribution in [0.1, 0.15) is 32.3 Å². The molecular formula is C31H25F4N5O4. The molecule has 226 valence electrons. The largest absolute Gasteiger partial charge is 0.416 e. The van der Waals surface area contributed by atoms with E-state index < -0.39 is 35.4 Å². The lowest BCUT2D eigenvalue weighted by Crippen LogP contribution is -2.51. The van der Waals surface area contributed by atoms with Crippen molar-refractivity contribution in [1.82, 2.24) is 20.0 Å². The van der Waals surface area contributed by atoms with Crippen molar-refractivity contribution in [2.45, 2.75) is 18.3 Å². The van der Waals surface area contributed by atoms with Gasteiger partial charge in [-0.05, 0) is 42.5 Å². The number of aromatic nitrogens is 2. The van der Waals surface area contributed by atoms with Gasteiger partial charge in [0.05, 0.1) is 41.9 Å². The maximum absolute atomic E-state index is 13.6. The molecule has 3 amide bonds. The van der Waals surface area contributed by atoms with E-state index in [9.17, 15) is 31.9 Å². The van der Waals surface area contributed by atoms with Gasteiger partial charge in [0.1, 0.15) is 5.69 Å². The Morgan fingerprint density at radius 1 is 0.932 bits per heavy atom. The summed E-state index contributed by atoms with van der Waals surface area (Å²) >= 11 is 0. The summed E-state index contributed by atoms with van der Waals surface area (Å²) in [5.41, 5.74) is 1.38. The molecule has 2 fully saturated rings. The fourth-order valence-electron chi connectivity index (χ4n) is 5.11. The minimum Gasteiger partial charge on any atom is -0.377 e. The fourth-order valence-corrected chi connectivity index (χ4v) is 5.11. The zero-order valence-corrected chi connectivity index (χ0v) is 23.0. The molecule has 0 bridgehead atoms. The number of anilines is 1. The molecule has 4 aromatic rings. The van der Waals surface area contributed by atoms with Crippen LogP contribution in [0, 0.1) is 0 Å². The minimum absolute atomic E-state index is 0.0312. The number of alkyl halides is 3. The van der Waals surface area contributed by atoms with Crippen LogP contribution in [0.15, 0.2) is 79.1 Å². The molecule has 9 nitrogen and oxygen atoms in total. The van der Waals surface area contributed by atoms with Crippen molar-refractivity contribution in [3.05, 3.63) is 95.8 Å². The smallest absolute Gasteiger partial charge is 0.377 e. The number of benzene rings is 3. The number of fused-ring (bicyclic) bond motifs is 1. The van der Waals surface area contributed by atoms with Gasteiger partial charge in [-0.3, -0.25) is 19.1 Å². The van der Waals surface area contributed by atoms with E-state index in [-0.39, 0.29) is 30.6 Å². The highest BCUT2D eigenvalue weighted by Crippen LogP contribution is 2.36. The Hall–Kier alpha value is -5.04. The van der Waals surface area contributed by atoms with Crippen molar-refractivity contribution in [3.63, 3.8) is 0 Å². The van der Waals surface area contributed by atoms with E-state index in [2.05, 4.69) is 22.3 Å². The zero-order chi connectivity index (χ0) is 31.2. The molecule has 0 radical (unpaired) electrons. The monoisotopic (exact) mass is 607 g/mol. The molecule has 44 heavy (non-hydrogen) atoms. The fraction of sp³-hybridized carbons (Fsp3) is 0.226. The summed E-state index contributed by atoms with van der Waals surface area (Å²) in [6.07, 6.45) is -4.51. The highest BCUT2D eigenvalue weighted by molar-refractivity contribution is 6.14. The molecule has 13 heteroatoms. The van der Waals surface area contributed by atoms with Gasteiger partial charge in [0.2, 0.25) is 0 Å². The minimum atomic E-state index is -4.51. The Bertz CT molecular complexity index is 1770. The lowest BCUT2D eigenvalue weighted by molar-refractivity contribution is -0.137. The average Bonchev–Trinajstić information content (AvgIpc) is 3.33. The van der Waals surface area contributed by atoms with Crippen LogP contribution in [-0.2, 0) is 15.7 Å². The normalized spacial score (nSPS) is 15.4. The molecular weight excluding hydrogens is 582 g/mol. The second kappa shape index (κ2) is 11.2. The van der Waals surface area contributed by atoms with E-state index in [0.29, 0.717) is 46.6 Å². The molecule has 3 heterocycles. The van der Waals surface area contributed by atoms with Crippen LogP contribution in [-0.4, -0.2) is 64.7 Å². The van der Waals surface area contributed by atoms with Crippen LogP contribution >= 0.6 is 0 Å². The topological polar surface area (TPSA) is 106 Å². The highest BCUT2D eigenvalue weighted by atomic mass is 19.4. The molecule has 3 aromatic carbocycles. The summed E-state index contributed by atoms with van der Waals surface area (Å²) in [6, 6.07) is 15.3. The van der Waals surface area contributed by atoms with Gasteiger partial charge in [-0.1, -0.05) is 30.8 Å². The maximum Gasteiger partial charge on any atom is 0.416 e. The van der Waals surface area contributed by atoms with E-state index in [0.717, 1.165) is 12.1 Å². The molecule has 1 aromatic heterocycles. The average molecular weight is 608 g/mol. The number of hydrogen-bond donors (Lipinski definition) is 2. The first-order chi connectivity index (χ1) is 21.0. The number of halogens is 4. The number of ether oxygens (including phenoxy) is 1. The van der Waals surface area contributed by atoms with Gasteiger partial charge >= 0.3 is 6.18 Å². The summed E-state index contributed by atoms with van der Waals surface area (Å²) in [5, 5.41) is 10.8. The first-order valence-electron chi connectivity index (χ1n) is 13.6. The van der Waals surface area contributed by atoms with Gasteiger partial charge in [-0.25, -0.2) is 4.39 Å². The molecule has 2 aliphatic heterocycles. The van der Waals surface area contributed by atoms with Crippen LogP contribution in [0.3, 0.4) is 0 Å². The number of hydrogen-bond acceptors (Lipinski definition) is 5. The molecule has 0 aliphatic carbocycles. The second-order valence-electron chi connectivity index (χ2n) is 10.6. The molecule has 2 N–H and O–H groups in total. The van der Waals surface area contributed by atoms with E-state index >= 15 is 0 Å². The van der Waals surface area contributed by atoms with Crippen molar-refractivity contribution in [2.75, 3.05) is 31.6 Å². The van der Waals surface area contributed by atoms with Crippen LogP contribution in [0.25, 0.3) is 22.2 Å². The highest BCUT2D eigenvalue weighted by Gasteiger charge is 2.36. The van der Waals surface area contributed by atoms with Crippen LogP contribution in [0.5, 0.6) is 0 Å². The Balaban J connectivity index is 1.32. The van der Waals surface area contributed by atoms with E-state index in [1.165, 1.54) is 17.0 Å². The number of likely N-dealkylation sites (tertiary alicyclic amines) is 1. The predicted molar refractivity (Wildman–Crippen MR) is 153 cm³/mol. The number of nitrogens with zero attached hydrogens (tertiary/aromatic N) is 3. The van der Waals surface area contributed by atoms with Gasteiger partial charge in [-0.15, -0.1) is 0 Å². The molecule has 2 aliphatic rings. The van der Waals surface area contributed by atoms with Crippen molar-refractivity contribution < 1.29 is 36.7 Å². The summed E-state index contributed by atoms with van der Waals surface area (Å²) in [7, 11) is 0. The molecule has 0 saturated carbocycles. The lowest BCUT2D eigenvalue weighted by Gasteiger charge is -2.39. The molecule has 2 saturated heterocycles. The van der Waals surface area contributed by atoms with Gasteiger partial charge in [0.25, 0.3) is 17.7 Å². The van der Waals surface area contributed by atoms with Gasteiger partial charge < -0.3 is 20.3 Å². The van der Waals surface area contributed by atoms with Gasteiger partial charge in [-0.2, -0.15) is 18.3 Å². The van der Waals surface area contributed by atoms with E-state index in [4.69, 9.17) is 4.74 Å². The van der Waals surface area contributed by atoms with Crippen LogP contribution in [0.4, 0.5) is 23.2 Å². The lowest BCUT2D eigenvalue weighted by atomic mass is 10.0. The molecule has 6 rings (SSSR count). The number of para-hydroxylation sites is 1. The third-order valence-corrected chi connectivity index (χ3v) is 7.56. The maximum atomic E-state index is 13.6. The standard InChI is InChI=1S/C31H25F4N5O4/c1-17(32)30(43)39-13-23(14-39)40-27-24(26(38-40)18-5-9-20(10-6-18)31(33,34)35)3-2-4-25(27)29(42)36-21-11-7-19(8-12-21)28(41)37-22-15-44-16-22/h2-12,22-23H,1,13-16H2,(H,36,42)(H,37,41). The SMILES string of the molecule is C=C(F)C(=O)N1CC(n2nc(-c3ccc(C(F)(F)F)cc3)c3cccc(C(=O)Nc4ccc(C(=O)NC5COC5)cc4)c32)C1. The first-order valence-corrected chi connectivity index (χ1v) is 13.6. The Morgan fingerprint density at radius 3 is 2.20 bits per heavy atom. The first kappa shape index (κ1) is 29.1. The van der Waals surface area contributed by atoms with E-state index in [1.54, 1.807) is 47.1 Å². The number of carbonyl (C=O) groups is 3. The summed E-state index contributed by atoms with van der Waals surface area (Å²) in [6.45, 7) is 4.16. The third-order valence-electron chi connectivity index (χ3n) is 7.56. The summed E-state index contributed by atoms with van der Waals surface area (Å²) in [5.74, 6) is -2.70. The van der Waals surface area contributed by atoms with Gasteiger partial charge in [0.15, 0.2) is 5.83 Å². The molecule has 0 spiro atoms. The predicted octanol–water partition coefficient (Wildman–Crippen LogP) is 4.97. The number of amides is 3. The van der Waals surface area contributed by atoms with Crippen molar-refractivity contribution in [1.29, 1.82) is 0 Å². The Labute approximate surface area is 248 Å². The van der Waals surface area contributed by atoms with Crippen molar-refractivity contribution in [3.8, 4) is 11.3 Å². The number of rotatable bonds is 7. The Morgan fingerprint density at radius 2 is 1.61 bits per heavy atom. The van der Waals surface area contributed by atoms with Gasteiger partial charge in [0, 0.05) is 35.3 Å². The Kier molecular flexibility index (Phi) is 7.41. The van der Waals surface area contributed by atoms with Crippen LogP contribution in [0.2, 0.25) is 0 Å². The quantitative estimate of drug-likeness (QED) is 0.228. The second-order valence-corrected chi connectivity index (χ2v) is 10.6. The third kappa shape index (κ3) is 5.53. The zero-order valence-electron chi connectivity index (χ0n) is 23.0. The van der Waals surface area contributed by atoms with Crippen LogP contribution < -0.4 is 10.6 Å². The summed E-state index contributed by atoms with van der Waals surface area (Å²) < 4.78 is 59.6. The number of carbonyl (C=O) groups excluding carboxylic acids is 3. The molecule has 0 atom stereocenters. The van der Waals surface area contributed by atoms with Crippen molar-refractivity contribution >= 4 is 34.3 Å². The molecule has 0 unspecified atom stereocenters. The number of nitrogens with one attached hydrogen (secondary N) is 2.